The lowest BCUT2D eigenvalue weighted by Crippen LogP contribution is -2.32. The van der Waals surface area contributed by atoms with Gasteiger partial charge in [0.2, 0.25) is 0 Å². The van der Waals surface area contributed by atoms with Gasteiger partial charge in [0.25, 0.3) is 0 Å². The van der Waals surface area contributed by atoms with Crippen molar-refractivity contribution in [3.05, 3.63) is 33.8 Å². The fourth-order valence-corrected chi connectivity index (χ4v) is 2.05. The zero-order valence-electron chi connectivity index (χ0n) is 9.47. The molecule has 0 saturated carbocycles. The maximum atomic E-state index is 12.7. The highest BCUT2D eigenvalue weighted by Crippen LogP contribution is 2.41. The highest BCUT2D eigenvalue weighted by Gasteiger charge is 2.54. The predicted molar refractivity (Wildman–Crippen MR) is 61.3 cm³/mol. The zero-order chi connectivity index (χ0) is 16.6. The third kappa shape index (κ3) is 4.38. The third-order valence-electron chi connectivity index (χ3n) is 2.05. The van der Waals surface area contributed by atoms with Crippen LogP contribution in [0.15, 0.2) is 18.2 Å². The second-order valence-electron chi connectivity index (χ2n) is 3.59. The van der Waals surface area contributed by atoms with Gasteiger partial charge in [0.05, 0.1) is 10.0 Å². The molecule has 0 heterocycles. The first-order chi connectivity index (χ1) is 9.25. The van der Waals surface area contributed by atoms with Crippen molar-refractivity contribution in [2.24, 2.45) is 0 Å². The minimum atomic E-state index is -6.45. The summed E-state index contributed by atoms with van der Waals surface area (Å²) in [6, 6.07) is 2.08. The molecule has 1 aromatic rings. The van der Waals surface area contributed by atoms with Gasteiger partial charge in [-0.15, -0.1) is 0 Å². The van der Waals surface area contributed by atoms with Gasteiger partial charge in [0.15, 0.2) is 6.10 Å². The van der Waals surface area contributed by atoms with Crippen LogP contribution in [0.2, 0.25) is 10.0 Å². The highest BCUT2D eigenvalue weighted by atomic mass is 35.5. The van der Waals surface area contributed by atoms with E-state index in [0.29, 0.717) is 12.1 Å². The smallest absolute Gasteiger partial charge is 0.245 e. The fraction of sp³-hybridized carbons (Fsp3) is 0.333. The Balaban J connectivity index is 3.29. The van der Waals surface area contributed by atoms with Gasteiger partial charge < -0.3 is 0 Å². The van der Waals surface area contributed by atoms with Gasteiger partial charge in [0, 0.05) is 0 Å². The van der Waals surface area contributed by atoms with Gasteiger partial charge in [-0.3, -0.25) is 0 Å². The number of hydrogen-bond acceptors (Lipinski definition) is 3. The molecule has 0 aliphatic heterocycles. The SMILES string of the molecule is O=S(=O)(OC(c1ccc(Cl)c(Cl)c1)C(F)(F)F)C(F)(F)F. The molecule has 1 unspecified atom stereocenters. The molecule has 0 saturated heterocycles. The van der Waals surface area contributed by atoms with Crippen LogP contribution < -0.4 is 0 Å². The van der Waals surface area contributed by atoms with Crippen LogP contribution in [-0.4, -0.2) is 20.1 Å². The summed E-state index contributed by atoms with van der Waals surface area (Å²) in [5.74, 6) is 0. The van der Waals surface area contributed by atoms with E-state index in [4.69, 9.17) is 23.2 Å². The maximum absolute atomic E-state index is 12.7. The molecule has 0 aromatic heterocycles. The van der Waals surface area contributed by atoms with Crippen LogP contribution in [0, 0.1) is 0 Å². The van der Waals surface area contributed by atoms with E-state index in [0.717, 1.165) is 6.07 Å². The molecule has 0 fully saturated rings. The number of alkyl halides is 6. The lowest BCUT2D eigenvalue weighted by Gasteiger charge is -2.21. The Kier molecular flexibility index (Phi) is 5.09. The molecule has 1 atom stereocenters. The summed E-state index contributed by atoms with van der Waals surface area (Å²) in [7, 11) is -6.45. The molecule has 21 heavy (non-hydrogen) atoms. The normalized spacial score (nSPS) is 15.0. The van der Waals surface area contributed by atoms with Crippen LogP contribution in [0.1, 0.15) is 11.7 Å². The van der Waals surface area contributed by atoms with Crippen molar-refractivity contribution < 1.29 is 38.9 Å². The van der Waals surface area contributed by atoms with Crippen molar-refractivity contribution in [2.75, 3.05) is 0 Å². The fourth-order valence-electron chi connectivity index (χ4n) is 1.16. The Morgan fingerprint density at radius 1 is 1.00 bits per heavy atom. The molecule has 0 amide bonds. The van der Waals surface area contributed by atoms with Gasteiger partial charge in [-0.2, -0.15) is 34.8 Å². The third-order valence-corrected chi connectivity index (χ3v) is 3.80. The van der Waals surface area contributed by atoms with E-state index < -0.39 is 38.5 Å². The minimum Gasteiger partial charge on any atom is -0.245 e. The van der Waals surface area contributed by atoms with Crippen molar-refractivity contribution in [1.29, 1.82) is 0 Å². The first-order valence-electron chi connectivity index (χ1n) is 4.77. The average Bonchev–Trinajstić information content (AvgIpc) is 2.27. The van der Waals surface area contributed by atoms with Crippen molar-refractivity contribution in [1.82, 2.24) is 0 Å². The van der Waals surface area contributed by atoms with Gasteiger partial charge in [-0.1, -0.05) is 29.3 Å². The molecule has 0 N–H and O–H groups in total. The van der Waals surface area contributed by atoms with Crippen molar-refractivity contribution >= 4 is 33.3 Å². The van der Waals surface area contributed by atoms with Crippen LogP contribution in [0.4, 0.5) is 26.3 Å². The van der Waals surface area contributed by atoms with Crippen LogP contribution in [-0.2, 0) is 14.3 Å². The second-order valence-corrected chi connectivity index (χ2v) is 5.97. The lowest BCUT2D eigenvalue weighted by atomic mass is 10.1. The summed E-state index contributed by atoms with van der Waals surface area (Å²) in [5, 5.41) is -0.573. The Morgan fingerprint density at radius 2 is 1.52 bits per heavy atom. The highest BCUT2D eigenvalue weighted by molar-refractivity contribution is 7.87. The number of benzene rings is 1. The molecule has 0 aliphatic rings. The van der Waals surface area contributed by atoms with Crippen molar-refractivity contribution in [3.63, 3.8) is 0 Å². The summed E-state index contributed by atoms with van der Waals surface area (Å²) in [6.45, 7) is 0. The van der Waals surface area contributed by atoms with E-state index in [1.54, 1.807) is 0 Å². The van der Waals surface area contributed by atoms with E-state index in [9.17, 15) is 34.8 Å². The molecule has 12 heteroatoms. The standard InChI is InChI=1S/C9H4Cl2F6O3S/c10-5-2-1-4(3-6(5)11)7(8(12,13)14)20-21(18,19)9(15,16)17/h1-3,7H. The topological polar surface area (TPSA) is 43.4 Å². The van der Waals surface area contributed by atoms with E-state index >= 15 is 0 Å². The summed E-state index contributed by atoms with van der Waals surface area (Å²) >= 11 is 10.9. The van der Waals surface area contributed by atoms with Crippen molar-refractivity contribution in [2.45, 2.75) is 17.8 Å². The predicted octanol–water partition coefficient (Wildman–Crippen LogP) is 4.46. The van der Waals surface area contributed by atoms with Gasteiger partial charge in [-0.25, -0.2) is 4.18 Å². The molecule has 0 radical (unpaired) electrons. The minimum absolute atomic E-state index is 0.167. The van der Waals surface area contributed by atoms with E-state index in [1.807, 2.05) is 0 Å². The molecule has 1 aromatic carbocycles. The van der Waals surface area contributed by atoms with E-state index in [2.05, 4.69) is 4.18 Å². The van der Waals surface area contributed by atoms with Crippen molar-refractivity contribution in [3.8, 4) is 0 Å². The van der Waals surface area contributed by atoms with Gasteiger partial charge in [0.1, 0.15) is 0 Å². The van der Waals surface area contributed by atoms with Crippen LogP contribution >= 0.6 is 23.2 Å². The zero-order valence-corrected chi connectivity index (χ0v) is 11.8. The molecule has 1 rings (SSSR count). The summed E-state index contributed by atoms with van der Waals surface area (Å²) < 4.78 is 99.2. The molecule has 0 aliphatic carbocycles. The summed E-state index contributed by atoms with van der Waals surface area (Å²) in [4.78, 5) is 0. The molecule has 3 nitrogen and oxygen atoms in total. The molecular formula is C9H4Cl2F6O3S. The van der Waals surface area contributed by atoms with Gasteiger partial charge >= 0.3 is 21.8 Å². The molecule has 120 valence electrons. The van der Waals surface area contributed by atoms with Crippen LogP contribution in [0.5, 0.6) is 0 Å². The van der Waals surface area contributed by atoms with E-state index in [-0.39, 0.29) is 5.02 Å². The maximum Gasteiger partial charge on any atom is 0.523 e. The van der Waals surface area contributed by atoms with Crippen LogP contribution in [0.25, 0.3) is 0 Å². The Hall–Kier alpha value is -0.710. The molecular weight excluding hydrogens is 373 g/mol. The Morgan fingerprint density at radius 3 is 1.90 bits per heavy atom. The number of halogens is 8. The van der Waals surface area contributed by atoms with Gasteiger partial charge in [-0.05, 0) is 17.7 Å². The monoisotopic (exact) mass is 376 g/mol. The Labute approximate surface area is 124 Å². The second kappa shape index (κ2) is 5.82. The number of hydrogen-bond donors (Lipinski definition) is 0. The lowest BCUT2D eigenvalue weighted by molar-refractivity contribution is -0.200. The first-order valence-corrected chi connectivity index (χ1v) is 6.93. The number of rotatable bonds is 3. The average molecular weight is 377 g/mol. The summed E-state index contributed by atoms with van der Waals surface area (Å²) in [6.07, 6.45) is -8.78. The molecule has 0 spiro atoms. The van der Waals surface area contributed by atoms with E-state index in [1.165, 1.54) is 0 Å². The quantitative estimate of drug-likeness (QED) is 0.444. The van der Waals surface area contributed by atoms with Crippen LogP contribution in [0.3, 0.4) is 0 Å². The largest absolute Gasteiger partial charge is 0.523 e. The summed E-state index contributed by atoms with van der Waals surface area (Å²) in [5.41, 5.74) is -6.93. The molecule has 0 bridgehead atoms. The Bertz CT molecular complexity index is 625. The first kappa shape index (κ1) is 18.3.